The summed E-state index contributed by atoms with van der Waals surface area (Å²) in [4.78, 5) is 7.24. The molecule has 2 aromatic heterocycles. The maximum absolute atomic E-state index is 6.55. The Labute approximate surface area is 294 Å². The van der Waals surface area contributed by atoms with Crippen LogP contribution in [0.5, 0.6) is 0 Å². The first-order valence-corrected chi connectivity index (χ1v) is 17.1. The number of anilines is 3. The summed E-state index contributed by atoms with van der Waals surface area (Å²) < 4.78 is 13.1. The monoisotopic (exact) mass is 654 g/mol. The largest absolute Gasteiger partial charge is 0.455 e. The van der Waals surface area contributed by atoms with Crippen molar-refractivity contribution in [3.8, 4) is 33.7 Å². The van der Waals surface area contributed by atoms with Crippen LogP contribution in [-0.2, 0) is 0 Å². The Morgan fingerprint density at radius 2 is 1.00 bits per heavy atom. The maximum atomic E-state index is 6.55. The Morgan fingerprint density at radius 3 is 1.76 bits per heavy atom. The molecule has 0 radical (unpaired) electrons. The van der Waals surface area contributed by atoms with Crippen LogP contribution in [-0.4, -0.2) is 4.98 Å². The number of fused-ring (bicyclic) bond motifs is 5. The molecule has 0 aliphatic rings. The standard InChI is InChI=1S/C47H30N2O2/c1-3-12-34(13-4-1)47-48-42-30-41-40-17-9-10-18-43(40)50-45(41)44(46(42)51-47)33-23-27-39(28-24-33)49(37-15-5-2-6-16-37)38-25-21-32(22-26-38)36-20-19-31-11-7-8-14-35(31)29-36/h1-30H. The summed E-state index contributed by atoms with van der Waals surface area (Å²) in [6, 6.07) is 63.3. The smallest absolute Gasteiger partial charge is 0.227 e. The highest BCUT2D eigenvalue weighted by Gasteiger charge is 2.22. The van der Waals surface area contributed by atoms with Gasteiger partial charge in [-0.3, -0.25) is 0 Å². The Bertz CT molecular complexity index is 2840. The molecule has 0 saturated carbocycles. The number of rotatable bonds is 6. The third kappa shape index (κ3) is 5.04. The number of nitrogens with zero attached hydrogens (tertiary/aromatic N) is 2. The van der Waals surface area contributed by atoms with Crippen molar-refractivity contribution in [2.24, 2.45) is 0 Å². The number of furan rings is 1. The normalized spacial score (nSPS) is 11.5. The fourth-order valence-corrected chi connectivity index (χ4v) is 7.18. The number of hydrogen-bond donors (Lipinski definition) is 0. The van der Waals surface area contributed by atoms with E-state index in [0.717, 1.165) is 61.2 Å². The van der Waals surface area contributed by atoms with E-state index in [1.807, 2.05) is 54.6 Å². The van der Waals surface area contributed by atoms with Crippen LogP contribution in [0.1, 0.15) is 0 Å². The van der Waals surface area contributed by atoms with Crippen LogP contribution in [0.15, 0.2) is 191 Å². The topological polar surface area (TPSA) is 42.4 Å². The zero-order chi connectivity index (χ0) is 33.7. The summed E-state index contributed by atoms with van der Waals surface area (Å²) in [5.74, 6) is 0.586. The van der Waals surface area contributed by atoms with Crippen LogP contribution >= 0.6 is 0 Å². The van der Waals surface area contributed by atoms with Gasteiger partial charge in [-0.15, -0.1) is 0 Å². The summed E-state index contributed by atoms with van der Waals surface area (Å²) in [5, 5.41) is 4.55. The molecule has 240 valence electrons. The molecule has 0 spiro atoms. The lowest BCUT2D eigenvalue weighted by molar-refractivity contribution is 0.619. The zero-order valence-electron chi connectivity index (χ0n) is 27.5. The molecule has 0 atom stereocenters. The quantitative estimate of drug-likeness (QED) is 0.179. The van der Waals surface area contributed by atoms with E-state index in [1.54, 1.807) is 0 Å². The lowest BCUT2D eigenvalue weighted by atomic mass is 10.00. The molecule has 0 aliphatic carbocycles. The van der Waals surface area contributed by atoms with Gasteiger partial charge >= 0.3 is 0 Å². The van der Waals surface area contributed by atoms with E-state index in [1.165, 1.54) is 21.9 Å². The van der Waals surface area contributed by atoms with Crippen molar-refractivity contribution in [3.05, 3.63) is 182 Å². The molecule has 0 amide bonds. The lowest BCUT2D eigenvalue weighted by Gasteiger charge is -2.26. The summed E-state index contributed by atoms with van der Waals surface area (Å²) in [7, 11) is 0. The highest BCUT2D eigenvalue weighted by atomic mass is 16.4. The van der Waals surface area contributed by atoms with Crippen LogP contribution < -0.4 is 4.90 Å². The summed E-state index contributed by atoms with van der Waals surface area (Å²) >= 11 is 0. The van der Waals surface area contributed by atoms with Gasteiger partial charge in [-0.05, 0) is 94.2 Å². The molecule has 51 heavy (non-hydrogen) atoms. The summed E-state index contributed by atoms with van der Waals surface area (Å²) in [6.07, 6.45) is 0. The molecule has 10 rings (SSSR count). The highest BCUT2D eigenvalue weighted by molar-refractivity contribution is 6.16. The first-order valence-electron chi connectivity index (χ1n) is 17.1. The molecule has 0 aliphatic heterocycles. The molecule has 4 heteroatoms. The van der Waals surface area contributed by atoms with Gasteiger partial charge in [0.05, 0.1) is 5.56 Å². The van der Waals surface area contributed by atoms with Gasteiger partial charge in [0.2, 0.25) is 5.89 Å². The van der Waals surface area contributed by atoms with Gasteiger partial charge in [-0.25, -0.2) is 4.98 Å². The first kappa shape index (κ1) is 29.0. The van der Waals surface area contributed by atoms with Crippen molar-refractivity contribution in [3.63, 3.8) is 0 Å². The Kier molecular flexibility index (Phi) is 6.78. The van der Waals surface area contributed by atoms with Crippen molar-refractivity contribution in [2.75, 3.05) is 4.90 Å². The molecule has 0 bridgehead atoms. The predicted molar refractivity (Wildman–Crippen MR) is 210 cm³/mol. The predicted octanol–water partition coefficient (Wildman–Crippen LogP) is 13.4. The van der Waals surface area contributed by atoms with E-state index < -0.39 is 0 Å². The summed E-state index contributed by atoms with van der Waals surface area (Å²) in [6.45, 7) is 0. The average Bonchev–Trinajstić information content (AvgIpc) is 3.80. The number of benzene rings is 8. The van der Waals surface area contributed by atoms with Crippen molar-refractivity contribution in [2.45, 2.75) is 0 Å². The van der Waals surface area contributed by atoms with Crippen LogP contribution in [0.4, 0.5) is 17.1 Å². The van der Waals surface area contributed by atoms with E-state index in [9.17, 15) is 0 Å². The SMILES string of the molecule is c1ccc(-c2nc3cc4c(oc5ccccc54)c(-c4ccc(N(c5ccccc5)c5ccc(-c6ccc7ccccc7c6)cc5)cc4)c3o2)cc1. The molecule has 0 saturated heterocycles. The number of oxazole rings is 1. The van der Waals surface area contributed by atoms with Crippen molar-refractivity contribution >= 4 is 60.9 Å². The molecule has 0 fully saturated rings. The third-order valence-electron chi connectivity index (χ3n) is 9.68. The van der Waals surface area contributed by atoms with Crippen LogP contribution in [0.3, 0.4) is 0 Å². The van der Waals surface area contributed by atoms with Gasteiger partial charge in [0.25, 0.3) is 0 Å². The Morgan fingerprint density at radius 1 is 0.392 bits per heavy atom. The highest BCUT2D eigenvalue weighted by Crippen LogP contribution is 2.44. The van der Waals surface area contributed by atoms with E-state index >= 15 is 0 Å². The minimum Gasteiger partial charge on any atom is -0.455 e. The van der Waals surface area contributed by atoms with E-state index in [2.05, 4.69) is 132 Å². The van der Waals surface area contributed by atoms with Gasteiger partial charge in [0.1, 0.15) is 16.7 Å². The van der Waals surface area contributed by atoms with Crippen molar-refractivity contribution < 1.29 is 8.83 Å². The molecule has 8 aromatic carbocycles. The zero-order valence-corrected chi connectivity index (χ0v) is 27.5. The summed E-state index contributed by atoms with van der Waals surface area (Å²) in [5.41, 5.74) is 11.5. The lowest BCUT2D eigenvalue weighted by Crippen LogP contribution is -2.09. The molecule has 2 heterocycles. The van der Waals surface area contributed by atoms with Crippen molar-refractivity contribution in [1.82, 2.24) is 4.98 Å². The second-order valence-corrected chi connectivity index (χ2v) is 12.8. The van der Waals surface area contributed by atoms with Gasteiger partial charge in [0.15, 0.2) is 5.58 Å². The maximum Gasteiger partial charge on any atom is 0.227 e. The number of aromatic nitrogens is 1. The van der Waals surface area contributed by atoms with E-state index in [4.69, 9.17) is 13.8 Å². The van der Waals surface area contributed by atoms with Crippen molar-refractivity contribution in [1.29, 1.82) is 0 Å². The Hall–Kier alpha value is -6.91. The molecule has 0 unspecified atom stereocenters. The van der Waals surface area contributed by atoms with E-state index in [-0.39, 0.29) is 0 Å². The van der Waals surface area contributed by atoms with Crippen LogP contribution in [0, 0.1) is 0 Å². The Balaban J connectivity index is 1.08. The number of hydrogen-bond acceptors (Lipinski definition) is 4. The minimum absolute atomic E-state index is 0.586. The minimum atomic E-state index is 0.586. The second kappa shape index (κ2) is 11.9. The van der Waals surface area contributed by atoms with Crippen LogP contribution in [0.2, 0.25) is 0 Å². The van der Waals surface area contributed by atoms with Crippen LogP contribution in [0.25, 0.3) is 77.5 Å². The first-order chi connectivity index (χ1) is 25.3. The molecular weight excluding hydrogens is 625 g/mol. The average molecular weight is 655 g/mol. The van der Waals surface area contributed by atoms with E-state index in [0.29, 0.717) is 11.5 Å². The number of para-hydroxylation sites is 2. The second-order valence-electron chi connectivity index (χ2n) is 12.8. The fraction of sp³-hybridized carbons (Fsp3) is 0. The molecule has 0 N–H and O–H groups in total. The third-order valence-corrected chi connectivity index (χ3v) is 9.68. The molecule has 10 aromatic rings. The van der Waals surface area contributed by atoms with Gasteiger partial charge in [-0.2, -0.15) is 0 Å². The van der Waals surface area contributed by atoms with Gasteiger partial charge < -0.3 is 13.7 Å². The van der Waals surface area contributed by atoms with Gasteiger partial charge in [-0.1, -0.05) is 115 Å². The van der Waals surface area contributed by atoms with Gasteiger partial charge in [0, 0.05) is 33.4 Å². The fourth-order valence-electron chi connectivity index (χ4n) is 7.18. The molecule has 4 nitrogen and oxygen atoms in total. The molecular formula is C47H30N2O2.